The summed E-state index contributed by atoms with van der Waals surface area (Å²) in [5.74, 6) is -0.169. The molecule has 0 aliphatic heterocycles. The molecule has 0 spiro atoms. The smallest absolute Gasteiger partial charge is 0.146 e. The van der Waals surface area contributed by atoms with Crippen LogP contribution >= 0.6 is 0 Å². The number of nitrogens with zero attached hydrogens (tertiary/aromatic N) is 1. The Labute approximate surface area is 120 Å². The van der Waals surface area contributed by atoms with Gasteiger partial charge in [0.25, 0.3) is 0 Å². The highest BCUT2D eigenvalue weighted by Crippen LogP contribution is 2.22. The van der Waals surface area contributed by atoms with Crippen molar-refractivity contribution in [2.75, 3.05) is 25.0 Å². The minimum absolute atomic E-state index is 0.169. The molecule has 0 saturated carbocycles. The molecule has 106 valence electrons. The Morgan fingerprint density at radius 3 is 2.30 bits per heavy atom. The Bertz CT molecular complexity index is 528. The highest BCUT2D eigenvalue weighted by molar-refractivity contribution is 5.48. The number of nitrogens with one attached hydrogen (secondary N) is 1. The fourth-order valence-electron chi connectivity index (χ4n) is 2.38. The quantitative estimate of drug-likeness (QED) is 0.864. The summed E-state index contributed by atoms with van der Waals surface area (Å²) in [6, 6.07) is 17.4. The molecule has 0 fully saturated rings. The number of para-hydroxylation sites is 1. The number of rotatable bonds is 6. The molecule has 1 atom stereocenters. The molecule has 2 aromatic carbocycles. The second-order valence-corrected chi connectivity index (χ2v) is 4.74. The monoisotopic (exact) mass is 272 g/mol. The van der Waals surface area contributed by atoms with E-state index in [1.165, 1.54) is 11.6 Å². The molecule has 0 saturated heterocycles. The maximum absolute atomic E-state index is 13.9. The fourth-order valence-corrected chi connectivity index (χ4v) is 2.38. The van der Waals surface area contributed by atoms with Crippen molar-refractivity contribution in [2.45, 2.75) is 13.0 Å². The van der Waals surface area contributed by atoms with Gasteiger partial charge in [0.2, 0.25) is 0 Å². The van der Waals surface area contributed by atoms with E-state index in [0.29, 0.717) is 5.69 Å². The Morgan fingerprint density at radius 1 is 1.05 bits per heavy atom. The second-order valence-electron chi connectivity index (χ2n) is 4.74. The van der Waals surface area contributed by atoms with E-state index in [1.807, 2.05) is 44.3 Å². The van der Waals surface area contributed by atoms with Crippen LogP contribution in [-0.2, 0) is 0 Å². The molecule has 2 nitrogen and oxygen atoms in total. The molecule has 0 aromatic heterocycles. The van der Waals surface area contributed by atoms with Crippen molar-refractivity contribution < 1.29 is 4.39 Å². The molecule has 1 unspecified atom stereocenters. The van der Waals surface area contributed by atoms with E-state index in [-0.39, 0.29) is 11.9 Å². The predicted octanol–water partition coefficient (Wildman–Crippen LogP) is 3.61. The van der Waals surface area contributed by atoms with Crippen LogP contribution in [0.3, 0.4) is 0 Å². The first-order chi connectivity index (χ1) is 9.76. The van der Waals surface area contributed by atoms with Crippen molar-refractivity contribution in [3.05, 3.63) is 66.0 Å². The topological polar surface area (TPSA) is 15.3 Å². The zero-order valence-corrected chi connectivity index (χ0v) is 12.0. The average molecular weight is 272 g/mol. The first-order valence-electron chi connectivity index (χ1n) is 6.98. The number of likely N-dealkylation sites (N-methyl/N-ethyl adjacent to an activating group) is 2. The van der Waals surface area contributed by atoms with E-state index in [2.05, 4.69) is 22.3 Å². The SMILES string of the molecule is CCN(CC(NC)c1ccccc1)c1ccccc1F. The van der Waals surface area contributed by atoms with E-state index in [1.54, 1.807) is 6.07 Å². The van der Waals surface area contributed by atoms with E-state index in [0.717, 1.165) is 13.1 Å². The highest BCUT2D eigenvalue weighted by Gasteiger charge is 2.15. The van der Waals surface area contributed by atoms with Crippen LogP contribution in [-0.4, -0.2) is 20.1 Å². The molecule has 3 heteroatoms. The van der Waals surface area contributed by atoms with Crippen molar-refractivity contribution in [2.24, 2.45) is 0 Å². The van der Waals surface area contributed by atoms with E-state index >= 15 is 0 Å². The van der Waals surface area contributed by atoms with Gasteiger partial charge in [-0.05, 0) is 31.7 Å². The van der Waals surface area contributed by atoms with Gasteiger partial charge in [-0.3, -0.25) is 0 Å². The third kappa shape index (κ3) is 3.36. The van der Waals surface area contributed by atoms with E-state index in [4.69, 9.17) is 0 Å². The van der Waals surface area contributed by atoms with Crippen LogP contribution in [0.5, 0.6) is 0 Å². The van der Waals surface area contributed by atoms with Gasteiger partial charge in [-0.15, -0.1) is 0 Å². The minimum atomic E-state index is -0.169. The molecule has 2 aromatic rings. The van der Waals surface area contributed by atoms with Crippen molar-refractivity contribution in [3.63, 3.8) is 0 Å². The minimum Gasteiger partial charge on any atom is -0.368 e. The highest BCUT2D eigenvalue weighted by atomic mass is 19.1. The zero-order chi connectivity index (χ0) is 14.4. The van der Waals surface area contributed by atoms with Crippen LogP contribution in [0.25, 0.3) is 0 Å². The Hall–Kier alpha value is -1.87. The standard InChI is InChI=1S/C17H21FN2/c1-3-20(17-12-8-7-11-15(17)18)13-16(19-2)14-9-5-4-6-10-14/h4-12,16,19H,3,13H2,1-2H3. The lowest BCUT2D eigenvalue weighted by Crippen LogP contribution is -2.34. The molecular formula is C17H21FN2. The summed E-state index contributed by atoms with van der Waals surface area (Å²) in [5.41, 5.74) is 1.87. The number of anilines is 1. The third-order valence-corrected chi connectivity index (χ3v) is 3.53. The van der Waals surface area contributed by atoms with Crippen LogP contribution in [0.2, 0.25) is 0 Å². The van der Waals surface area contributed by atoms with E-state index in [9.17, 15) is 4.39 Å². The summed E-state index contributed by atoms with van der Waals surface area (Å²) < 4.78 is 13.9. The van der Waals surface area contributed by atoms with Crippen molar-refractivity contribution in [1.82, 2.24) is 5.32 Å². The molecule has 0 radical (unpaired) electrons. The molecule has 1 N–H and O–H groups in total. The predicted molar refractivity (Wildman–Crippen MR) is 82.5 cm³/mol. The van der Waals surface area contributed by atoms with Crippen LogP contribution in [0.4, 0.5) is 10.1 Å². The van der Waals surface area contributed by atoms with Crippen LogP contribution in [0.15, 0.2) is 54.6 Å². The van der Waals surface area contributed by atoms with Crippen LogP contribution in [0.1, 0.15) is 18.5 Å². The van der Waals surface area contributed by atoms with Crippen LogP contribution in [0, 0.1) is 5.82 Å². The fraction of sp³-hybridized carbons (Fsp3) is 0.294. The van der Waals surface area contributed by atoms with Crippen molar-refractivity contribution in [3.8, 4) is 0 Å². The Morgan fingerprint density at radius 2 is 1.70 bits per heavy atom. The number of benzene rings is 2. The Kier molecular flexibility index (Phi) is 5.13. The lowest BCUT2D eigenvalue weighted by Gasteiger charge is -2.28. The number of hydrogen-bond acceptors (Lipinski definition) is 2. The van der Waals surface area contributed by atoms with Gasteiger partial charge in [-0.2, -0.15) is 0 Å². The summed E-state index contributed by atoms with van der Waals surface area (Å²) in [6.45, 7) is 3.55. The maximum atomic E-state index is 13.9. The van der Waals surface area contributed by atoms with Gasteiger partial charge in [0.15, 0.2) is 0 Å². The van der Waals surface area contributed by atoms with Gasteiger partial charge in [0, 0.05) is 19.1 Å². The number of hydrogen-bond donors (Lipinski definition) is 1. The second kappa shape index (κ2) is 7.06. The lowest BCUT2D eigenvalue weighted by atomic mass is 10.1. The van der Waals surface area contributed by atoms with Crippen molar-refractivity contribution >= 4 is 5.69 Å². The van der Waals surface area contributed by atoms with Gasteiger partial charge in [-0.1, -0.05) is 42.5 Å². The summed E-state index contributed by atoms with van der Waals surface area (Å²) in [5, 5.41) is 3.31. The molecule has 2 rings (SSSR count). The molecule has 0 bridgehead atoms. The summed E-state index contributed by atoms with van der Waals surface area (Å²) in [6.07, 6.45) is 0. The molecule has 0 heterocycles. The lowest BCUT2D eigenvalue weighted by molar-refractivity contribution is 0.562. The summed E-state index contributed by atoms with van der Waals surface area (Å²) in [4.78, 5) is 2.06. The maximum Gasteiger partial charge on any atom is 0.146 e. The molecular weight excluding hydrogens is 251 g/mol. The first kappa shape index (κ1) is 14.5. The van der Waals surface area contributed by atoms with Gasteiger partial charge in [0.05, 0.1) is 5.69 Å². The van der Waals surface area contributed by atoms with Crippen LogP contribution < -0.4 is 10.2 Å². The van der Waals surface area contributed by atoms with Gasteiger partial charge < -0.3 is 10.2 Å². The summed E-state index contributed by atoms with van der Waals surface area (Å²) in [7, 11) is 1.94. The normalized spacial score (nSPS) is 12.2. The largest absolute Gasteiger partial charge is 0.368 e. The first-order valence-corrected chi connectivity index (χ1v) is 6.98. The molecule has 0 aliphatic carbocycles. The van der Waals surface area contributed by atoms with Gasteiger partial charge >= 0.3 is 0 Å². The van der Waals surface area contributed by atoms with E-state index < -0.39 is 0 Å². The van der Waals surface area contributed by atoms with Crippen molar-refractivity contribution in [1.29, 1.82) is 0 Å². The summed E-state index contributed by atoms with van der Waals surface area (Å²) >= 11 is 0. The van der Waals surface area contributed by atoms with Gasteiger partial charge in [-0.25, -0.2) is 4.39 Å². The molecule has 0 aliphatic rings. The third-order valence-electron chi connectivity index (χ3n) is 3.53. The van der Waals surface area contributed by atoms with Gasteiger partial charge in [0.1, 0.15) is 5.82 Å². The average Bonchev–Trinajstić information content (AvgIpc) is 2.50. The molecule has 20 heavy (non-hydrogen) atoms. The zero-order valence-electron chi connectivity index (χ0n) is 12.0. The number of halogens is 1. The molecule has 0 amide bonds. The Balaban J connectivity index is 2.19.